The number of halogens is 4. The predicted molar refractivity (Wildman–Crippen MR) is 91.9 cm³/mol. The van der Waals surface area contributed by atoms with Gasteiger partial charge in [-0.15, -0.1) is 0 Å². The minimum absolute atomic E-state index is 0.0488. The Morgan fingerprint density at radius 3 is 2.58 bits per heavy atom. The fraction of sp³-hybridized carbons (Fsp3) is 0.556. The highest BCUT2D eigenvalue weighted by molar-refractivity contribution is 6.33. The van der Waals surface area contributed by atoms with Gasteiger partial charge in [-0.1, -0.05) is 23.7 Å². The Morgan fingerprint density at radius 1 is 1.35 bits per heavy atom. The van der Waals surface area contributed by atoms with Crippen LogP contribution >= 0.6 is 11.6 Å². The molecule has 142 valence electrons. The van der Waals surface area contributed by atoms with Gasteiger partial charge >= 0.3 is 6.18 Å². The molecule has 0 spiro atoms. The Bertz CT molecular complexity index is 706. The number of hydrogen-bond donors (Lipinski definition) is 0. The second-order valence-electron chi connectivity index (χ2n) is 7.02. The van der Waals surface area contributed by atoms with Gasteiger partial charge in [0.25, 0.3) is 0 Å². The van der Waals surface area contributed by atoms with E-state index in [-0.39, 0.29) is 24.8 Å². The number of para-hydroxylation sites is 1. The van der Waals surface area contributed by atoms with Crippen LogP contribution in [0.3, 0.4) is 0 Å². The molecule has 1 heterocycles. The van der Waals surface area contributed by atoms with E-state index in [1.165, 1.54) is 4.90 Å². The van der Waals surface area contributed by atoms with Crippen molar-refractivity contribution in [2.75, 3.05) is 18.0 Å². The fourth-order valence-electron chi connectivity index (χ4n) is 3.46. The summed E-state index contributed by atoms with van der Waals surface area (Å²) in [4.78, 5) is 27.5. The minimum atomic E-state index is -4.47. The first-order chi connectivity index (χ1) is 12.2. The Balaban J connectivity index is 1.77. The SMILES string of the molecule is C[C@@H](C1CC1)N(CC(F)(F)F)C(=O)[C@@H]1CC(=O)N(c2ccccc2Cl)C1. The molecule has 8 heteroatoms. The van der Waals surface area contributed by atoms with Crippen LogP contribution in [0.15, 0.2) is 24.3 Å². The maximum atomic E-state index is 13.0. The molecule has 2 atom stereocenters. The van der Waals surface area contributed by atoms with Gasteiger partial charge in [0.15, 0.2) is 0 Å². The first-order valence-electron chi connectivity index (χ1n) is 8.59. The molecule has 1 aromatic rings. The van der Waals surface area contributed by atoms with Gasteiger partial charge in [0.1, 0.15) is 6.54 Å². The van der Waals surface area contributed by atoms with Gasteiger partial charge < -0.3 is 9.80 Å². The summed E-state index contributed by atoms with van der Waals surface area (Å²) in [5.41, 5.74) is 0.479. The lowest BCUT2D eigenvalue weighted by atomic mass is 10.0. The number of benzene rings is 1. The highest BCUT2D eigenvalue weighted by Gasteiger charge is 2.45. The zero-order valence-electron chi connectivity index (χ0n) is 14.3. The largest absolute Gasteiger partial charge is 0.406 e. The number of anilines is 1. The number of carbonyl (C=O) groups excluding carboxylic acids is 2. The quantitative estimate of drug-likeness (QED) is 0.768. The lowest BCUT2D eigenvalue weighted by Crippen LogP contribution is -2.48. The Kier molecular flexibility index (Phi) is 5.19. The zero-order valence-corrected chi connectivity index (χ0v) is 15.1. The summed E-state index contributed by atoms with van der Waals surface area (Å²) in [7, 11) is 0. The van der Waals surface area contributed by atoms with E-state index in [2.05, 4.69) is 0 Å². The standard InChI is InChI=1S/C18H20ClF3N2O2/c1-11(12-6-7-12)24(10-18(20,21)22)17(26)13-8-16(25)23(9-13)15-5-3-2-4-14(15)19/h2-5,11-13H,6-10H2,1H3/t11-,13+/m0/s1. The number of hydrogen-bond acceptors (Lipinski definition) is 2. The van der Waals surface area contributed by atoms with Crippen LogP contribution in [-0.4, -0.2) is 42.0 Å². The molecule has 0 N–H and O–H groups in total. The second kappa shape index (κ2) is 7.10. The van der Waals surface area contributed by atoms with Crippen LogP contribution in [0.1, 0.15) is 26.2 Å². The van der Waals surface area contributed by atoms with Crippen molar-refractivity contribution in [1.29, 1.82) is 0 Å². The van der Waals surface area contributed by atoms with Gasteiger partial charge in [-0.3, -0.25) is 9.59 Å². The summed E-state index contributed by atoms with van der Waals surface area (Å²) in [5.74, 6) is -1.59. The van der Waals surface area contributed by atoms with Crippen LogP contribution in [0.4, 0.5) is 18.9 Å². The third kappa shape index (κ3) is 4.14. The molecule has 0 bridgehead atoms. The Hall–Kier alpha value is -1.76. The van der Waals surface area contributed by atoms with Crippen LogP contribution < -0.4 is 4.90 Å². The molecule has 4 nitrogen and oxygen atoms in total. The fourth-order valence-corrected chi connectivity index (χ4v) is 3.70. The molecule has 2 aliphatic rings. The molecule has 0 radical (unpaired) electrons. The summed E-state index contributed by atoms with van der Waals surface area (Å²) >= 11 is 6.11. The summed E-state index contributed by atoms with van der Waals surface area (Å²) < 4.78 is 38.9. The van der Waals surface area contributed by atoms with Gasteiger partial charge in [0, 0.05) is 19.0 Å². The maximum absolute atomic E-state index is 13.0. The smallest absolute Gasteiger partial charge is 0.330 e. The molecule has 1 aromatic carbocycles. The summed E-state index contributed by atoms with van der Waals surface area (Å²) in [6.45, 7) is 0.428. The normalized spacial score (nSPS) is 21.8. The van der Waals surface area contributed by atoms with Crippen molar-refractivity contribution in [3.05, 3.63) is 29.3 Å². The van der Waals surface area contributed by atoms with E-state index in [0.717, 1.165) is 17.7 Å². The molecule has 1 saturated heterocycles. The van der Waals surface area contributed by atoms with Crippen molar-refractivity contribution in [1.82, 2.24) is 4.90 Å². The molecule has 26 heavy (non-hydrogen) atoms. The third-order valence-electron chi connectivity index (χ3n) is 5.05. The molecular formula is C18H20ClF3N2O2. The average Bonchev–Trinajstić information content (AvgIpc) is 3.34. The van der Waals surface area contributed by atoms with Crippen LogP contribution in [-0.2, 0) is 9.59 Å². The van der Waals surface area contributed by atoms with Crippen molar-refractivity contribution in [2.45, 2.75) is 38.4 Å². The molecule has 2 amide bonds. The summed E-state index contributed by atoms with van der Waals surface area (Å²) in [5, 5.41) is 0.368. The molecule has 1 aliphatic carbocycles. The van der Waals surface area contributed by atoms with Gasteiger partial charge in [-0.05, 0) is 37.8 Å². The third-order valence-corrected chi connectivity index (χ3v) is 5.37. The number of rotatable bonds is 5. The molecule has 1 saturated carbocycles. The van der Waals surface area contributed by atoms with Gasteiger partial charge in [-0.25, -0.2) is 0 Å². The number of alkyl halides is 3. The minimum Gasteiger partial charge on any atom is -0.330 e. The summed E-state index contributed by atoms with van der Waals surface area (Å²) in [6.07, 6.45) is -2.91. The van der Waals surface area contributed by atoms with E-state index in [4.69, 9.17) is 11.6 Å². The number of nitrogens with zero attached hydrogens (tertiary/aromatic N) is 2. The van der Waals surface area contributed by atoms with E-state index >= 15 is 0 Å². The van der Waals surface area contributed by atoms with Crippen LogP contribution in [0.2, 0.25) is 5.02 Å². The molecule has 2 fully saturated rings. The van der Waals surface area contributed by atoms with Crippen molar-refractivity contribution in [3.63, 3.8) is 0 Å². The van der Waals surface area contributed by atoms with E-state index in [1.807, 2.05) is 0 Å². The monoisotopic (exact) mass is 388 g/mol. The Labute approximate surface area is 154 Å². The van der Waals surface area contributed by atoms with Gasteiger partial charge in [0.2, 0.25) is 11.8 Å². The zero-order chi connectivity index (χ0) is 19.1. The number of amides is 2. The second-order valence-corrected chi connectivity index (χ2v) is 7.42. The van der Waals surface area contributed by atoms with Crippen LogP contribution in [0, 0.1) is 11.8 Å². The van der Waals surface area contributed by atoms with Crippen LogP contribution in [0.25, 0.3) is 0 Å². The van der Waals surface area contributed by atoms with Gasteiger partial charge in [0.05, 0.1) is 16.6 Å². The van der Waals surface area contributed by atoms with Crippen molar-refractivity contribution < 1.29 is 22.8 Å². The van der Waals surface area contributed by atoms with Gasteiger partial charge in [-0.2, -0.15) is 13.2 Å². The first-order valence-corrected chi connectivity index (χ1v) is 8.97. The molecular weight excluding hydrogens is 369 g/mol. The first kappa shape index (κ1) is 19.0. The lowest BCUT2D eigenvalue weighted by Gasteiger charge is -2.32. The molecule has 1 aliphatic heterocycles. The maximum Gasteiger partial charge on any atom is 0.406 e. The summed E-state index contributed by atoms with van der Waals surface area (Å²) in [6, 6.07) is 6.25. The average molecular weight is 389 g/mol. The number of carbonyl (C=O) groups is 2. The van der Waals surface area contributed by atoms with Crippen molar-refractivity contribution in [2.24, 2.45) is 11.8 Å². The predicted octanol–water partition coefficient (Wildman–Crippen LogP) is 3.88. The topological polar surface area (TPSA) is 40.6 Å². The van der Waals surface area contributed by atoms with Crippen molar-refractivity contribution >= 4 is 29.1 Å². The molecule has 3 rings (SSSR count). The highest BCUT2D eigenvalue weighted by atomic mass is 35.5. The van der Waals surface area contributed by atoms with E-state index in [1.54, 1.807) is 31.2 Å². The Morgan fingerprint density at radius 2 is 2.00 bits per heavy atom. The van der Waals surface area contributed by atoms with E-state index < -0.39 is 30.6 Å². The van der Waals surface area contributed by atoms with E-state index in [9.17, 15) is 22.8 Å². The highest BCUT2D eigenvalue weighted by Crippen LogP contribution is 2.38. The molecule has 0 aromatic heterocycles. The molecule has 0 unspecified atom stereocenters. The van der Waals surface area contributed by atoms with Crippen LogP contribution in [0.5, 0.6) is 0 Å². The van der Waals surface area contributed by atoms with Crippen molar-refractivity contribution in [3.8, 4) is 0 Å². The lowest BCUT2D eigenvalue weighted by molar-refractivity contribution is -0.168. The van der Waals surface area contributed by atoms with E-state index in [0.29, 0.717) is 10.7 Å².